The number of benzene rings is 2. The molecule has 1 aliphatic heterocycles. The van der Waals surface area contributed by atoms with E-state index in [9.17, 15) is 19.2 Å². The molecule has 1 atom stereocenters. The number of nitrogen functional groups attached to an aromatic ring is 1. The smallest absolute Gasteiger partial charge is 0.270 e. The molecular formula is C30H26N10O5. The zero-order chi connectivity index (χ0) is 31.1. The Hall–Kier alpha value is -5.99. The molecule has 2 amide bonds. The molecule has 0 saturated carbocycles. The number of carbonyl (C=O) groups is 2. The van der Waals surface area contributed by atoms with Crippen LogP contribution in [0.4, 0.5) is 17.1 Å². The second-order valence-electron chi connectivity index (χ2n) is 10.8. The predicted molar refractivity (Wildman–Crippen MR) is 161 cm³/mol. The van der Waals surface area contributed by atoms with Gasteiger partial charge in [-0.15, -0.1) is 10.2 Å². The topological polar surface area (TPSA) is 211 Å². The third kappa shape index (κ3) is 5.13. The van der Waals surface area contributed by atoms with E-state index in [1.54, 1.807) is 23.1 Å². The Morgan fingerprint density at radius 2 is 1.89 bits per heavy atom. The summed E-state index contributed by atoms with van der Waals surface area (Å²) >= 11 is 0. The van der Waals surface area contributed by atoms with Crippen molar-refractivity contribution >= 4 is 28.9 Å². The van der Waals surface area contributed by atoms with E-state index in [-0.39, 0.29) is 35.3 Å². The van der Waals surface area contributed by atoms with Crippen LogP contribution in [-0.4, -0.2) is 55.6 Å². The van der Waals surface area contributed by atoms with E-state index in [2.05, 4.69) is 41.2 Å². The third-order valence-corrected chi connectivity index (χ3v) is 8.00. The lowest BCUT2D eigenvalue weighted by Gasteiger charge is -2.26. The number of ether oxygens (including phenoxy) is 1. The second kappa shape index (κ2) is 11.3. The Morgan fingerprint density at radius 3 is 2.69 bits per heavy atom. The SMILES string of the molecule is Nc1c(N2CCCOc3ccc(CNC(=O)c4cc(C(=O)N[C@H]5CCc6cc(-c7nn[nH]n7)ccc65)ncn4)cc32)c(=O)c1=O. The number of rotatable bonds is 7. The van der Waals surface area contributed by atoms with Crippen LogP contribution in [0, 0.1) is 0 Å². The zero-order valence-electron chi connectivity index (χ0n) is 23.7. The highest BCUT2D eigenvalue weighted by Gasteiger charge is 2.29. The summed E-state index contributed by atoms with van der Waals surface area (Å²) in [6.45, 7) is 1.00. The molecule has 0 saturated heterocycles. The monoisotopic (exact) mass is 606 g/mol. The van der Waals surface area contributed by atoms with Gasteiger partial charge in [-0.2, -0.15) is 5.21 Å². The Bertz CT molecular complexity index is 2020. The van der Waals surface area contributed by atoms with Gasteiger partial charge in [0.25, 0.3) is 22.7 Å². The van der Waals surface area contributed by atoms with E-state index >= 15 is 0 Å². The molecule has 5 aromatic rings. The van der Waals surface area contributed by atoms with Gasteiger partial charge in [0.05, 0.1) is 18.3 Å². The summed E-state index contributed by atoms with van der Waals surface area (Å²) in [6.07, 6.45) is 3.29. The maximum Gasteiger partial charge on any atom is 0.270 e. The van der Waals surface area contributed by atoms with Crippen molar-refractivity contribution in [1.82, 2.24) is 41.2 Å². The first-order valence-corrected chi connectivity index (χ1v) is 14.3. The average Bonchev–Trinajstić information content (AvgIpc) is 3.71. The van der Waals surface area contributed by atoms with Crippen LogP contribution in [0.1, 0.15) is 56.6 Å². The van der Waals surface area contributed by atoms with Crippen LogP contribution >= 0.6 is 0 Å². The molecule has 0 fully saturated rings. The van der Waals surface area contributed by atoms with Crippen LogP contribution in [0.3, 0.4) is 0 Å². The molecule has 1 aliphatic carbocycles. The molecule has 45 heavy (non-hydrogen) atoms. The average molecular weight is 607 g/mol. The number of nitrogens with one attached hydrogen (secondary N) is 3. The van der Waals surface area contributed by atoms with Gasteiger partial charge in [-0.1, -0.05) is 18.2 Å². The van der Waals surface area contributed by atoms with E-state index in [1.807, 2.05) is 18.2 Å². The lowest BCUT2D eigenvalue weighted by atomic mass is 10.0. The number of amides is 2. The molecule has 5 N–H and O–H groups in total. The van der Waals surface area contributed by atoms with Gasteiger partial charge in [0.1, 0.15) is 34.8 Å². The summed E-state index contributed by atoms with van der Waals surface area (Å²) in [7, 11) is 0. The van der Waals surface area contributed by atoms with Crippen molar-refractivity contribution in [2.45, 2.75) is 31.8 Å². The highest BCUT2D eigenvalue weighted by molar-refractivity contribution is 5.97. The summed E-state index contributed by atoms with van der Waals surface area (Å²) in [5.41, 5.74) is 8.93. The first kappa shape index (κ1) is 27.8. The van der Waals surface area contributed by atoms with E-state index in [0.29, 0.717) is 48.8 Å². The number of aromatic amines is 1. The fourth-order valence-electron chi connectivity index (χ4n) is 5.73. The molecule has 2 aliphatic rings. The van der Waals surface area contributed by atoms with Gasteiger partial charge in [-0.05, 0) is 59.4 Å². The molecule has 0 radical (unpaired) electrons. The van der Waals surface area contributed by atoms with Crippen molar-refractivity contribution < 1.29 is 14.3 Å². The van der Waals surface area contributed by atoms with E-state index in [4.69, 9.17) is 10.5 Å². The first-order chi connectivity index (χ1) is 21.9. The number of hydrogen-bond donors (Lipinski definition) is 4. The Labute approximate surface area is 254 Å². The standard InChI is InChI=1S/C30H26N10O5/c31-24-25(27(42)26(24)41)40-8-1-9-45-23-7-2-15(10-22(23)40)13-32-29(43)20-12-21(34-14-33-20)30(44)35-19-6-4-16-11-17(3-5-18(16)19)28-36-38-39-37-28/h2-3,5,7,10-12,14,19H,1,4,6,8-9,13,31H2,(H,32,43)(H,35,44)(H,36,37,38,39)/t19-/m0/s1. The van der Waals surface area contributed by atoms with Crippen LogP contribution in [0.25, 0.3) is 11.4 Å². The highest BCUT2D eigenvalue weighted by Crippen LogP contribution is 2.38. The van der Waals surface area contributed by atoms with Crippen LogP contribution in [0.5, 0.6) is 5.75 Å². The minimum absolute atomic E-state index is 0.0305. The van der Waals surface area contributed by atoms with Gasteiger partial charge in [-0.3, -0.25) is 19.2 Å². The lowest BCUT2D eigenvalue weighted by molar-refractivity contribution is 0.0931. The van der Waals surface area contributed by atoms with Gasteiger partial charge in [0.2, 0.25) is 5.82 Å². The number of tetrazole rings is 1. The van der Waals surface area contributed by atoms with E-state index < -0.39 is 22.7 Å². The molecule has 15 heteroatoms. The highest BCUT2D eigenvalue weighted by atomic mass is 16.5. The van der Waals surface area contributed by atoms with Crippen molar-refractivity contribution in [3.63, 3.8) is 0 Å². The van der Waals surface area contributed by atoms with Gasteiger partial charge >= 0.3 is 0 Å². The minimum Gasteiger partial charge on any atom is -0.491 e. The number of aromatic nitrogens is 6. The molecule has 2 aromatic heterocycles. The molecule has 7 rings (SSSR count). The normalized spacial score (nSPS) is 15.6. The number of nitrogens with zero attached hydrogens (tertiary/aromatic N) is 6. The van der Waals surface area contributed by atoms with Crippen LogP contribution in [0.2, 0.25) is 0 Å². The van der Waals surface area contributed by atoms with Gasteiger partial charge in [0, 0.05) is 24.7 Å². The van der Waals surface area contributed by atoms with Crippen molar-refractivity contribution in [3.8, 4) is 17.1 Å². The molecule has 3 aromatic carbocycles. The Kier molecular flexibility index (Phi) is 6.96. The lowest BCUT2D eigenvalue weighted by Crippen LogP contribution is -2.41. The van der Waals surface area contributed by atoms with Crippen LogP contribution < -0.4 is 36.9 Å². The number of fused-ring (bicyclic) bond motifs is 2. The number of carbonyl (C=O) groups excluding carboxylic acids is 2. The number of aryl methyl sites for hydroxylation is 1. The first-order valence-electron chi connectivity index (χ1n) is 14.3. The van der Waals surface area contributed by atoms with Crippen molar-refractivity contribution in [2.75, 3.05) is 23.8 Å². The maximum atomic E-state index is 13.1. The Balaban J connectivity index is 1.02. The van der Waals surface area contributed by atoms with Gasteiger partial charge < -0.3 is 26.0 Å². The third-order valence-electron chi connectivity index (χ3n) is 8.00. The molecular weight excluding hydrogens is 580 g/mol. The summed E-state index contributed by atoms with van der Waals surface area (Å²) in [5.74, 6) is 0.121. The molecule has 15 nitrogen and oxygen atoms in total. The minimum atomic E-state index is -0.693. The number of nitrogens with two attached hydrogens (primary N) is 1. The van der Waals surface area contributed by atoms with Crippen LogP contribution in [0.15, 0.2) is 58.4 Å². The number of hydrogen-bond acceptors (Lipinski definition) is 12. The zero-order valence-corrected chi connectivity index (χ0v) is 23.7. The Morgan fingerprint density at radius 1 is 1.04 bits per heavy atom. The molecule has 226 valence electrons. The van der Waals surface area contributed by atoms with Gasteiger partial charge in [-0.25, -0.2) is 9.97 Å². The van der Waals surface area contributed by atoms with E-state index in [0.717, 1.165) is 23.1 Å². The fraction of sp³-hybridized carbons (Fsp3) is 0.233. The van der Waals surface area contributed by atoms with Crippen molar-refractivity contribution in [1.29, 1.82) is 0 Å². The summed E-state index contributed by atoms with van der Waals surface area (Å²) in [6, 6.07) is 12.3. The number of anilines is 3. The summed E-state index contributed by atoms with van der Waals surface area (Å²) in [5, 5.41) is 19.9. The fourth-order valence-corrected chi connectivity index (χ4v) is 5.73. The van der Waals surface area contributed by atoms with Crippen molar-refractivity contribution in [3.05, 3.63) is 97.3 Å². The molecule has 0 bridgehead atoms. The quantitative estimate of drug-likeness (QED) is 0.192. The number of H-pyrrole nitrogens is 1. The maximum absolute atomic E-state index is 13.1. The molecule has 0 unspecified atom stereocenters. The second-order valence-corrected chi connectivity index (χ2v) is 10.8. The summed E-state index contributed by atoms with van der Waals surface area (Å²) in [4.78, 5) is 60.0. The van der Waals surface area contributed by atoms with Crippen molar-refractivity contribution in [2.24, 2.45) is 0 Å². The summed E-state index contributed by atoms with van der Waals surface area (Å²) < 4.78 is 5.82. The van der Waals surface area contributed by atoms with E-state index in [1.165, 1.54) is 12.4 Å². The predicted octanol–water partition coefficient (Wildman–Crippen LogP) is 1.10. The largest absolute Gasteiger partial charge is 0.491 e. The van der Waals surface area contributed by atoms with Crippen LogP contribution in [-0.2, 0) is 13.0 Å². The van der Waals surface area contributed by atoms with Gasteiger partial charge in [0.15, 0.2) is 0 Å². The molecule has 3 heterocycles. The molecule has 0 spiro atoms.